The van der Waals surface area contributed by atoms with Crippen molar-refractivity contribution in [2.75, 3.05) is 21.3 Å². The second kappa shape index (κ2) is 7.40. The maximum Gasteiger partial charge on any atom is 0.336 e. The van der Waals surface area contributed by atoms with Crippen molar-refractivity contribution in [3.05, 3.63) is 47.3 Å². The van der Waals surface area contributed by atoms with Gasteiger partial charge in [0.25, 0.3) is 0 Å². The van der Waals surface area contributed by atoms with Crippen LogP contribution in [0.4, 0.5) is 0 Å². The van der Waals surface area contributed by atoms with E-state index in [9.17, 15) is 14.7 Å². The number of rotatable bonds is 6. The third kappa shape index (κ3) is 3.43. The Morgan fingerprint density at radius 1 is 1.04 bits per heavy atom. The topological polar surface area (TPSA) is 108 Å². The van der Waals surface area contributed by atoms with Crippen LogP contribution >= 0.6 is 0 Å². The van der Waals surface area contributed by atoms with Gasteiger partial charge in [-0.3, -0.25) is 4.79 Å². The molecule has 1 aromatic heterocycles. The monoisotopic (exact) mass is 332 g/mol. The van der Waals surface area contributed by atoms with Gasteiger partial charge in [0.05, 0.1) is 33.0 Å². The zero-order chi connectivity index (χ0) is 17.7. The van der Waals surface area contributed by atoms with Crippen LogP contribution in [0.2, 0.25) is 0 Å². The molecule has 8 heteroatoms. The van der Waals surface area contributed by atoms with E-state index in [-0.39, 0.29) is 28.7 Å². The zero-order valence-electron chi connectivity index (χ0n) is 13.3. The average Bonchev–Trinajstić information content (AvgIpc) is 2.61. The highest BCUT2D eigenvalue weighted by Gasteiger charge is 2.31. The highest BCUT2D eigenvalue weighted by atomic mass is 16.5. The van der Waals surface area contributed by atoms with Crippen molar-refractivity contribution in [2.24, 2.45) is 0 Å². The van der Waals surface area contributed by atoms with E-state index >= 15 is 0 Å². The van der Waals surface area contributed by atoms with Gasteiger partial charge in [-0.25, -0.2) is 4.79 Å². The Kier molecular flexibility index (Phi) is 5.31. The molecule has 0 saturated heterocycles. The molecule has 0 fully saturated rings. The van der Waals surface area contributed by atoms with Crippen LogP contribution in [-0.4, -0.2) is 48.3 Å². The Balaban J connectivity index is 2.67. The van der Waals surface area contributed by atoms with E-state index in [0.29, 0.717) is 0 Å². The molecule has 1 atom stereocenters. The van der Waals surface area contributed by atoms with Gasteiger partial charge in [-0.1, -0.05) is 18.2 Å². The summed E-state index contributed by atoms with van der Waals surface area (Å²) in [7, 11) is 4.02. The maximum absolute atomic E-state index is 12.3. The van der Waals surface area contributed by atoms with E-state index in [0.717, 1.165) is 0 Å². The first-order chi connectivity index (χ1) is 11.5. The van der Waals surface area contributed by atoms with E-state index in [1.807, 2.05) is 0 Å². The smallest absolute Gasteiger partial charge is 0.336 e. The van der Waals surface area contributed by atoms with Crippen molar-refractivity contribution in [1.29, 1.82) is 0 Å². The van der Waals surface area contributed by atoms with Crippen molar-refractivity contribution >= 4 is 11.9 Å². The van der Waals surface area contributed by atoms with Crippen molar-refractivity contribution in [3.8, 4) is 11.8 Å². The lowest BCUT2D eigenvalue weighted by Crippen LogP contribution is -2.21. The van der Waals surface area contributed by atoms with Crippen molar-refractivity contribution in [2.45, 2.75) is 5.92 Å². The second-order valence-corrected chi connectivity index (χ2v) is 4.66. The molecule has 1 N–H and O–H groups in total. The fraction of sp³-hybridized carbons (Fsp3) is 0.250. The number of benzene rings is 1. The maximum atomic E-state index is 12.3. The van der Waals surface area contributed by atoms with Crippen LogP contribution in [0, 0.1) is 0 Å². The van der Waals surface area contributed by atoms with Gasteiger partial charge in [0.2, 0.25) is 11.8 Å². The Morgan fingerprint density at radius 3 is 2.12 bits per heavy atom. The van der Waals surface area contributed by atoms with E-state index in [1.165, 1.54) is 39.5 Å². The number of carboxylic acid groups (broad SMARTS) is 1. The fourth-order valence-corrected chi connectivity index (χ4v) is 2.19. The molecule has 0 bridgehead atoms. The molecule has 126 valence electrons. The van der Waals surface area contributed by atoms with Crippen molar-refractivity contribution < 1.29 is 28.9 Å². The summed E-state index contributed by atoms with van der Waals surface area (Å²) in [5.41, 5.74) is 0.172. The second-order valence-electron chi connectivity index (χ2n) is 4.66. The van der Waals surface area contributed by atoms with Gasteiger partial charge in [-0.05, 0) is 11.6 Å². The first-order valence-electron chi connectivity index (χ1n) is 6.88. The summed E-state index contributed by atoms with van der Waals surface area (Å²) in [6, 6.07) is 7.54. The van der Waals surface area contributed by atoms with Crippen LogP contribution < -0.4 is 9.47 Å². The first kappa shape index (κ1) is 17.2. The molecule has 2 rings (SSSR count). The Labute approximate surface area is 138 Å². The molecule has 24 heavy (non-hydrogen) atoms. The van der Waals surface area contributed by atoms with Crippen LogP contribution in [0.25, 0.3) is 0 Å². The van der Waals surface area contributed by atoms with Gasteiger partial charge in [0, 0.05) is 0 Å². The van der Waals surface area contributed by atoms with Crippen LogP contribution in [0.1, 0.15) is 27.7 Å². The predicted molar refractivity (Wildman–Crippen MR) is 82.4 cm³/mol. The molecule has 0 saturated carbocycles. The molecule has 0 radical (unpaired) electrons. The molecule has 8 nitrogen and oxygen atoms in total. The molecule has 0 aliphatic heterocycles. The zero-order valence-corrected chi connectivity index (χ0v) is 13.3. The number of esters is 1. The van der Waals surface area contributed by atoms with Gasteiger partial charge < -0.3 is 19.3 Å². The number of aromatic nitrogens is 2. The van der Waals surface area contributed by atoms with E-state index < -0.39 is 17.9 Å². The van der Waals surface area contributed by atoms with Gasteiger partial charge in [0.1, 0.15) is 5.92 Å². The van der Waals surface area contributed by atoms with Crippen molar-refractivity contribution in [1.82, 2.24) is 9.97 Å². The minimum absolute atomic E-state index is 0.0201. The van der Waals surface area contributed by atoms with E-state index in [2.05, 4.69) is 9.97 Å². The standard InChI is InChI=1S/C16H16N2O6/c1-22-11-8-12(23-2)18-14(17-11)13(16(21)24-3)9-6-4-5-7-10(9)15(19)20/h4-8,13H,1-3H3,(H,19,20). The Morgan fingerprint density at radius 2 is 1.62 bits per heavy atom. The number of nitrogens with zero attached hydrogens (tertiary/aromatic N) is 2. The lowest BCUT2D eigenvalue weighted by atomic mass is 9.93. The Bertz CT molecular complexity index is 740. The molecule has 0 amide bonds. The van der Waals surface area contributed by atoms with Gasteiger partial charge in [-0.15, -0.1) is 0 Å². The summed E-state index contributed by atoms with van der Waals surface area (Å²) in [5, 5.41) is 9.38. The number of carbonyl (C=O) groups is 2. The predicted octanol–water partition coefficient (Wildman–Crippen LogP) is 1.50. The summed E-state index contributed by atoms with van der Waals surface area (Å²) in [6.07, 6.45) is 0. The average molecular weight is 332 g/mol. The third-order valence-corrected chi connectivity index (χ3v) is 3.31. The normalized spacial score (nSPS) is 11.5. The summed E-state index contributed by atoms with van der Waals surface area (Å²) in [6.45, 7) is 0. The summed E-state index contributed by atoms with van der Waals surface area (Å²) < 4.78 is 15.0. The minimum atomic E-state index is -1.17. The summed E-state index contributed by atoms with van der Waals surface area (Å²) >= 11 is 0. The molecule has 1 heterocycles. The highest BCUT2D eigenvalue weighted by molar-refractivity contribution is 5.93. The van der Waals surface area contributed by atoms with E-state index in [1.54, 1.807) is 12.1 Å². The van der Waals surface area contributed by atoms with Crippen LogP contribution in [-0.2, 0) is 9.53 Å². The number of aromatic carboxylic acids is 1. The number of hydrogen-bond donors (Lipinski definition) is 1. The molecular formula is C16H16N2O6. The number of hydrogen-bond acceptors (Lipinski definition) is 7. The van der Waals surface area contributed by atoms with Gasteiger partial charge >= 0.3 is 11.9 Å². The molecule has 0 aliphatic carbocycles. The lowest BCUT2D eigenvalue weighted by Gasteiger charge is -2.17. The summed E-state index contributed by atoms with van der Waals surface area (Å²) in [5.74, 6) is -2.62. The van der Waals surface area contributed by atoms with Crippen LogP contribution in [0.15, 0.2) is 30.3 Å². The minimum Gasteiger partial charge on any atom is -0.481 e. The Hall–Kier alpha value is -3.16. The quantitative estimate of drug-likeness (QED) is 0.793. The third-order valence-electron chi connectivity index (χ3n) is 3.31. The fourth-order valence-electron chi connectivity index (χ4n) is 2.19. The van der Waals surface area contributed by atoms with Gasteiger partial charge in [-0.2, -0.15) is 9.97 Å². The number of carbonyl (C=O) groups excluding carboxylic acids is 1. The molecule has 0 aliphatic rings. The lowest BCUT2D eigenvalue weighted by molar-refractivity contribution is -0.141. The highest BCUT2D eigenvalue weighted by Crippen LogP contribution is 2.29. The van der Waals surface area contributed by atoms with Gasteiger partial charge in [0.15, 0.2) is 5.82 Å². The molecule has 2 aromatic rings. The van der Waals surface area contributed by atoms with Crippen molar-refractivity contribution in [3.63, 3.8) is 0 Å². The van der Waals surface area contributed by atoms with Crippen LogP contribution in [0.5, 0.6) is 11.8 Å². The first-order valence-corrected chi connectivity index (χ1v) is 6.88. The molecule has 0 spiro atoms. The molecular weight excluding hydrogens is 316 g/mol. The number of methoxy groups -OCH3 is 3. The molecule has 1 unspecified atom stereocenters. The van der Waals surface area contributed by atoms with E-state index in [4.69, 9.17) is 14.2 Å². The number of ether oxygens (including phenoxy) is 3. The number of carboxylic acids is 1. The largest absolute Gasteiger partial charge is 0.481 e. The SMILES string of the molecule is COC(=O)C(c1nc(OC)cc(OC)n1)c1ccccc1C(=O)O. The van der Waals surface area contributed by atoms with Crippen LogP contribution in [0.3, 0.4) is 0 Å². The summed E-state index contributed by atoms with van der Waals surface area (Å²) in [4.78, 5) is 32.1. The molecule has 1 aromatic carbocycles.